The standard InChI is InChI=1S/C23H41N/c1-2-3-4-5-6-7-8-10-17-22-20-23(22,21-15-11-12-16-21)24-18-13-9-14-19-24/h6-7,21-22H,2-5,8-20H2,1H3/b7-6+/t22-,23+/m1/s1. The average molecular weight is 332 g/mol. The molecule has 2 atom stereocenters. The second-order valence-corrected chi connectivity index (χ2v) is 8.82. The molecule has 1 saturated heterocycles. The van der Waals surface area contributed by atoms with Crippen LogP contribution in [0, 0.1) is 11.8 Å². The number of unbranched alkanes of at least 4 members (excludes halogenated alkanes) is 4. The number of likely N-dealkylation sites (tertiary alicyclic amines) is 1. The summed E-state index contributed by atoms with van der Waals surface area (Å²) in [5.41, 5.74) is 0.668. The first-order chi connectivity index (χ1) is 11.9. The zero-order valence-electron chi connectivity index (χ0n) is 16.3. The Hall–Kier alpha value is -0.300. The van der Waals surface area contributed by atoms with Crippen LogP contribution in [0.3, 0.4) is 0 Å². The van der Waals surface area contributed by atoms with E-state index in [1.807, 2.05) is 0 Å². The lowest BCUT2D eigenvalue weighted by atomic mass is 9.88. The number of hydrogen-bond acceptors (Lipinski definition) is 1. The van der Waals surface area contributed by atoms with Gasteiger partial charge in [0.1, 0.15) is 0 Å². The Bertz CT molecular complexity index is 375. The number of allylic oxidation sites excluding steroid dienone is 2. The van der Waals surface area contributed by atoms with E-state index in [1.165, 1.54) is 109 Å². The minimum absolute atomic E-state index is 0.668. The van der Waals surface area contributed by atoms with E-state index in [0.29, 0.717) is 5.54 Å². The van der Waals surface area contributed by atoms with Crippen LogP contribution >= 0.6 is 0 Å². The smallest absolute Gasteiger partial charge is 0.0269 e. The van der Waals surface area contributed by atoms with Gasteiger partial charge in [0.25, 0.3) is 0 Å². The lowest BCUT2D eigenvalue weighted by molar-refractivity contribution is 0.0831. The molecule has 2 saturated carbocycles. The van der Waals surface area contributed by atoms with Crippen LogP contribution in [0.1, 0.15) is 103 Å². The van der Waals surface area contributed by atoms with Crippen molar-refractivity contribution in [2.24, 2.45) is 11.8 Å². The Morgan fingerprint density at radius 2 is 1.58 bits per heavy atom. The van der Waals surface area contributed by atoms with E-state index < -0.39 is 0 Å². The first kappa shape index (κ1) is 18.5. The van der Waals surface area contributed by atoms with Gasteiger partial charge in [0, 0.05) is 5.54 Å². The van der Waals surface area contributed by atoms with Crippen molar-refractivity contribution >= 4 is 0 Å². The molecule has 0 unspecified atom stereocenters. The molecule has 1 heterocycles. The van der Waals surface area contributed by atoms with E-state index in [9.17, 15) is 0 Å². The molecule has 0 N–H and O–H groups in total. The number of rotatable bonds is 10. The molecule has 1 nitrogen and oxygen atoms in total. The number of hydrogen-bond donors (Lipinski definition) is 0. The minimum atomic E-state index is 0.668. The van der Waals surface area contributed by atoms with Gasteiger partial charge in [-0.2, -0.15) is 0 Å². The van der Waals surface area contributed by atoms with Gasteiger partial charge >= 0.3 is 0 Å². The highest BCUT2D eigenvalue weighted by Crippen LogP contribution is 2.60. The Balaban J connectivity index is 1.42. The molecule has 138 valence electrons. The third-order valence-electron chi connectivity index (χ3n) is 7.19. The summed E-state index contributed by atoms with van der Waals surface area (Å²) in [6, 6.07) is 0. The summed E-state index contributed by atoms with van der Waals surface area (Å²) < 4.78 is 0. The monoisotopic (exact) mass is 331 g/mol. The van der Waals surface area contributed by atoms with Crippen molar-refractivity contribution in [3.63, 3.8) is 0 Å². The Morgan fingerprint density at radius 1 is 0.875 bits per heavy atom. The van der Waals surface area contributed by atoms with Gasteiger partial charge < -0.3 is 0 Å². The molecule has 0 spiro atoms. The van der Waals surface area contributed by atoms with Crippen LogP contribution in [0.25, 0.3) is 0 Å². The summed E-state index contributed by atoms with van der Waals surface area (Å²) in [5, 5.41) is 0. The molecule has 0 bridgehead atoms. The fraction of sp³-hybridized carbons (Fsp3) is 0.913. The fourth-order valence-corrected chi connectivity index (χ4v) is 5.80. The van der Waals surface area contributed by atoms with E-state index in [1.54, 1.807) is 0 Å². The number of nitrogens with zero attached hydrogens (tertiary/aromatic N) is 1. The minimum Gasteiger partial charge on any atom is -0.297 e. The van der Waals surface area contributed by atoms with E-state index in [4.69, 9.17) is 0 Å². The molecule has 0 amide bonds. The maximum Gasteiger partial charge on any atom is 0.0269 e. The van der Waals surface area contributed by atoms with Gasteiger partial charge in [0.05, 0.1) is 0 Å². The zero-order valence-corrected chi connectivity index (χ0v) is 16.3. The van der Waals surface area contributed by atoms with Crippen LogP contribution < -0.4 is 0 Å². The molecule has 1 heteroatoms. The quantitative estimate of drug-likeness (QED) is 0.317. The maximum atomic E-state index is 2.97. The first-order valence-corrected chi connectivity index (χ1v) is 11.3. The SMILES string of the molecule is CCCCC/C=C/CCC[C@@H]1C[C@@]1(C1CCCC1)N1CCCCC1. The van der Waals surface area contributed by atoms with Crippen molar-refractivity contribution in [2.45, 2.75) is 109 Å². The molecule has 24 heavy (non-hydrogen) atoms. The van der Waals surface area contributed by atoms with E-state index in [2.05, 4.69) is 24.0 Å². The Kier molecular flexibility index (Phi) is 7.25. The van der Waals surface area contributed by atoms with Gasteiger partial charge in [-0.25, -0.2) is 0 Å². The molecule has 1 aliphatic heterocycles. The van der Waals surface area contributed by atoms with Crippen molar-refractivity contribution < 1.29 is 0 Å². The highest BCUT2D eigenvalue weighted by Gasteiger charge is 2.61. The van der Waals surface area contributed by atoms with Crippen LogP contribution in [-0.2, 0) is 0 Å². The van der Waals surface area contributed by atoms with Crippen LogP contribution in [0.2, 0.25) is 0 Å². The van der Waals surface area contributed by atoms with E-state index in [0.717, 1.165) is 11.8 Å². The third kappa shape index (κ3) is 4.45. The largest absolute Gasteiger partial charge is 0.297 e. The second-order valence-electron chi connectivity index (χ2n) is 8.82. The molecule has 3 rings (SSSR count). The van der Waals surface area contributed by atoms with Gasteiger partial charge in [0.15, 0.2) is 0 Å². The molecular weight excluding hydrogens is 290 g/mol. The average Bonchev–Trinajstić information content (AvgIpc) is 3.08. The van der Waals surface area contributed by atoms with Crippen LogP contribution in [-0.4, -0.2) is 23.5 Å². The predicted octanol–water partition coefficient (Wildman–Crippen LogP) is 6.73. The van der Waals surface area contributed by atoms with E-state index >= 15 is 0 Å². The summed E-state index contributed by atoms with van der Waals surface area (Å²) in [4.78, 5) is 2.97. The molecule has 0 radical (unpaired) electrons. The van der Waals surface area contributed by atoms with Gasteiger partial charge in [-0.1, -0.05) is 51.2 Å². The molecule has 2 aliphatic carbocycles. The molecule has 3 fully saturated rings. The van der Waals surface area contributed by atoms with Crippen molar-refractivity contribution in [1.29, 1.82) is 0 Å². The summed E-state index contributed by atoms with van der Waals surface area (Å²) >= 11 is 0. The molecule has 3 aliphatic rings. The summed E-state index contributed by atoms with van der Waals surface area (Å²) in [5.74, 6) is 2.08. The first-order valence-electron chi connectivity index (χ1n) is 11.3. The lowest BCUT2D eigenvalue weighted by Crippen LogP contribution is -2.46. The number of piperidine rings is 1. The topological polar surface area (TPSA) is 3.24 Å². The lowest BCUT2D eigenvalue weighted by Gasteiger charge is -2.40. The predicted molar refractivity (Wildman–Crippen MR) is 105 cm³/mol. The van der Waals surface area contributed by atoms with Crippen molar-refractivity contribution in [3.8, 4) is 0 Å². The summed E-state index contributed by atoms with van der Waals surface area (Å²) in [7, 11) is 0. The van der Waals surface area contributed by atoms with Crippen molar-refractivity contribution in [1.82, 2.24) is 4.90 Å². The second kappa shape index (κ2) is 9.41. The van der Waals surface area contributed by atoms with Gasteiger partial charge in [-0.15, -0.1) is 0 Å². The molecular formula is C23H41N. The Labute approximate surface area is 151 Å². The van der Waals surface area contributed by atoms with Crippen LogP contribution in [0.4, 0.5) is 0 Å². The fourth-order valence-electron chi connectivity index (χ4n) is 5.80. The Morgan fingerprint density at radius 3 is 2.29 bits per heavy atom. The van der Waals surface area contributed by atoms with E-state index in [-0.39, 0.29) is 0 Å². The van der Waals surface area contributed by atoms with Crippen LogP contribution in [0.15, 0.2) is 12.2 Å². The maximum absolute atomic E-state index is 2.97. The van der Waals surface area contributed by atoms with Crippen molar-refractivity contribution in [3.05, 3.63) is 12.2 Å². The van der Waals surface area contributed by atoms with Gasteiger partial charge in [0.2, 0.25) is 0 Å². The summed E-state index contributed by atoms with van der Waals surface area (Å²) in [6.45, 7) is 5.10. The normalized spacial score (nSPS) is 32.0. The highest BCUT2D eigenvalue weighted by molar-refractivity contribution is 5.16. The van der Waals surface area contributed by atoms with Gasteiger partial charge in [-0.05, 0) is 89.1 Å². The molecule has 0 aromatic heterocycles. The third-order valence-corrected chi connectivity index (χ3v) is 7.19. The highest BCUT2D eigenvalue weighted by atomic mass is 15.2. The summed E-state index contributed by atoms with van der Waals surface area (Å²) in [6.07, 6.45) is 26.6. The van der Waals surface area contributed by atoms with Crippen molar-refractivity contribution in [2.75, 3.05) is 13.1 Å². The van der Waals surface area contributed by atoms with Gasteiger partial charge in [-0.3, -0.25) is 4.90 Å². The molecule has 0 aromatic rings. The zero-order chi connectivity index (χ0) is 16.7. The van der Waals surface area contributed by atoms with Crippen LogP contribution in [0.5, 0.6) is 0 Å². The molecule has 0 aromatic carbocycles.